The van der Waals surface area contributed by atoms with Crippen LogP contribution in [0.15, 0.2) is 12.3 Å². The van der Waals surface area contributed by atoms with Crippen molar-refractivity contribution in [3.05, 3.63) is 23.5 Å². The molecule has 6 heteroatoms. The van der Waals surface area contributed by atoms with E-state index < -0.39 is 11.7 Å². The van der Waals surface area contributed by atoms with Gasteiger partial charge in [-0.25, -0.2) is 4.98 Å². The number of fused-ring (bicyclic) bond motifs is 1. The first kappa shape index (κ1) is 9.39. The maximum atomic E-state index is 12.3. The second kappa shape index (κ2) is 2.91. The zero-order chi connectivity index (χ0) is 10.3. The fourth-order valence-electron chi connectivity index (χ4n) is 1.10. The lowest BCUT2D eigenvalue weighted by Gasteiger charge is -2.04. The number of hydrogen-bond acceptors (Lipinski definition) is 3. The normalized spacial score (nSPS) is 12.3. The zero-order valence-electron chi connectivity index (χ0n) is 7.09. The van der Waals surface area contributed by atoms with Gasteiger partial charge in [-0.15, -0.1) is 0 Å². The van der Waals surface area contributed by atoms with Crippen molar-refractivity contribution in [2.24, 2.45) is 0 Å². The molecule has 0 aliphatic rings. The Bertz CT molecular complexity index is 475. The molecule has 0 amide bonds. The highest BCUT2D eigenvalue weighted by Crippen LogP contribution is 2.31. The molecule has 2 heterocycles. The molecule has 0 aliphatic heterocycles. The van der Waals surface area contributed by atoms with E-state index >= 15 is 0 Å². The molecule has 0 radical (unpaired) electrons. The summed E-state index contributed by atoms with van der Waals surface area (Å²) in [4.78, 5) is 4.24. The predicted octanol–water partition coefficient (Wildman–Crippen LogP) is 3.02. The summed E-state index contributed by atoms with van der Waals surface area (Å²) >= 11 is 1.10. The summed E-state index contributed by atoms with van der Waals surface area (Å²) in [6.45, 7) is 1.67. The van der Waals surface area contributed by atoms with Crippen LogP contribution in [0.5, 0.6) is 0 Å². The lowest BCUT2D eigenvalue weighted by atomic mass is 10.2. The van der Waals surface area contributed by atoms with Crippen LogP contribution in [0.25, 0.3) is 10.2 Å². The summed E-state index contributed by atoms with van der Waals surface area (Å²) in [5.74, 6) is 0. The maximum absolute atomic E-state index is 12.3. The molecule has 74 valence electrons. The molecule has 0 fully saturated rings. The minimum Gasteiger partial charge on any atom is -0.243 e. The van der Waals surface area contributed by atoms with Crippen LogP contribution in [0.4, 0.5) is 13.2 Å². The zero-order valence-corrected chi connectivity index (χ0v) is 7.91. The van der Waals surface area contributed by atoms with Gasteiger partial charge in [-0.2, -0.15) is 17.5 Å². The first-order valence-corrected chi connectivity index (χ1v) is 4.55. The average molecular weight is 218 g/mol. The Balaban J connectivity index is 2.66. The second-order valence-corrected chi connectivity index (χ2v) is 3.59. The highest BCUT2D eigenvalue weighted by atomic mass is 32.1. The molecule has 2 aromatic rings. The van der Waals surface area contributed by atoms with Crippen LogP contribution in [0.2, 0.25) is 0 Å². The van der Waals surface area contributed by atoms with Crippen molar-refractivity contribution in [3.63, 3.8) is 0 Å². The third-order valence-electron chi connectivity index (χ3n) is 1.84. The van der Waals surface area contributed by atoms with Crippen LogP contribution in [-0.4, -0.2) is 9.36 Å². The van der Waals surface area contributed by atoms with Crippen LogP contribution in [0, 0.1) is 6.92 Å². The van der Waals surface area contributed by atoms with E-state index in [2.05, 4.69) is 9.36 Å². The van der Waals surface area contributed by atoms with Crippen molar-refractivity contribution < 1.29 is 13.2 Å². The number of alkyl halides is 3. The van der Waals surface area contributed by atoms with E-state index in [0.29, 0.717) is 15.9 Å². The fourth-order valence-corrected chi connectivity index (χ4v) is 1.83. The monoisotopic (exact) mass is 218 g/mol. The van der Waals surface area contributed by atoms with Gasteiger partial charge in [0.15, 0.2) is 0 Å². The van der Waals surface area contributed by atoms with Crippen LogP contribution in [0.3, 0.4) is 0 Å². The Morgan fingerprint density at radius 3 is 2.71 bits per heavy atom. The lowest BCUT2D eigenvalue weighted by molar-refractivity contribution is -0.137. The van der Waals surface area contributed by atoms with Gasteiger partial charge in [0.25, 0.3) is 0 Å². The Kier molecular flexibility index (Phi) is 1.95. The van der Waals surface area contributed by atoms with Crippen molar-refractivity contribution >= 4 is 21.7 Å². The maximum Gasteiger partial charge on any atom is 0.417 e. The van der Waals surface area contributed by atoms with E-state index in [1.54, 1.807) is 6.92 Å². The van der Waals surface area contributed by atoms with Crippen molar-refractivity contribution in [2.75, 3.05) is 0 Å². The van der Waals surface area contributed by atoms with E-state index in [4.69, 9.17) is 0 Å². The molecule has 2 nitrogen and oxygen atoms in total. The molecule has 2 rings (SSSR count). The first-order chi connectivity index (χ1) is 6.48. The molecule has 2 aromatic heterocycles. The topological polar surface area (TPSA) is 25.8 Å². The molecule has 0 atom stereocenters. The minimum atomic E-state index is -4.34. The molecule has 14 heavy (non-hydrogen) atoms. The number of aromatic nitrogens is 2. The number of aryl methyl sites for hydroxylation is 1. The fraction of sp³-hybridized carbons (Fsp3) is 0.250. The molecule has 0 N–H and O–H groups in total. The quantitative estimate of drug-likeness (QED) is 0.679. The van der Waals surface area contributed by atoms with Gasteiger partial charge in [-0.1, -0.05) is 0 Å². The Morgan fingerprint density at radius 2 is 2.07 bits per heavy atom. The SMILES string of the molecule is Cc1nsc2ncc(C(F)(F)F)cc12. The average Bonchev–Trinajstić information content (AvgIpc) is 2.46. The summed E-state index contributed by atoms with van der Waals surface area (Å²) in [5.41, 5.74) is -0.142. The van der Waals surface area contributed by atoms with E-state index in [-0.39, 0.29) is 0 Å². The molecule has 0 saturated carbocycles. The van der Waals surface area contributed by atoms with Gasteiger partial charge in [-0.05, 0) is 24.5 Å². The summed E-state index contributed by atoms with van der Waals surface area (Å²) < 4.78 is 40.8. The van der Waals surface area contributed by atoms with Gasteiger partial charge in [0.05, 0.1) is 11.3 Å². The number of hydrogen-bond donors (Lipinski definition) is 0. The van der Waals surface area contributed by atoms with Gasteiger partial charge < -0.3 is 0 Å². The van der Waals surface area contributed by atoms with Crippen LogP contribution < -0.4 is 0 Å². The van der Waals surface area contributed by atoms with Crippen molar-refractivity contribution in [1.29, 1.82) is 0 Å². The van der Waals surface area contributed by atoms with Crippen LogP contribution in [0.1, 0.15) is 11.3 Å². The molecular weight excluding hydrogens is 213 g/mol. The van der Waals surface area contributed by atoms with E-state index in [1.807, 2.05) is 0 Å². The Hall–Kier alpha value is -1.17. The molecule has 0 unspecified atom stereocenters. The molecule has 0 bridgehead atoms. The molecule has 0 saturated heterocycles. The van der Waals surface area contributed by atoms with Crippen LogP contribution >= 0.6 is 11.5 Å². The summed E-state index contributed by atoms with van der Waals surface area (Å²) in [7, 11) is 0. The van der Waals surface area contributed by atoms with E-state index in [0.717, 1.165) is 23.8 Å². The molecule has 0 aliphatic carbocycles. The summed E-state index contributed by atoms with van der Waals surface area (Å²) in [6, 6.07) is 1.08. The minimum absolute atomic E-state index is 0.477. The molecule has 0 spiro atoms. The van der Waals surface area contributed by atoms with E-state index in [1.165, 1.54) is 0 Å². The van der Waals surface area contributed by atoms with Crippen molar-refractivity contribution in [1.82, 2.24) is 9.36 Å². The molecule has 0 aromatic carbocycles. The highest BCUT2D eigenvalue weighted by Gasteiger charge is 2.31. The lowest BCUT2D eigenvalue weighted by Crippen LogP contribution is -2.04. The third kappa shape index (κ3) is 1.45. The predicted molar refractivity (Wildman–Crippen MR) is 47.2 cm³/mol. The summed E-state index contributed by atoms with van der Waals surface area (Å²) in [6.07, 6.45) is -3.50. The van der Waals surface area contributed by atoms with Crippen molar-refractivity contribution in [2.45, 2.75) is 13.1 Å². The Labute approximate surface area is 81.6 Å². The van der Waals surface area contributed by atoms with Gasteiger partial charge in [0.1, 0.15) is 4.83 Å². The third-order valence-corrected chi connectivity index (χ3v) is 2.70. The summed E-state index contributed by atoms with van der Waals surface area (Å²) in [5, 5.41) is 0.477. The molecular formula is C8H5F3N2S. The van der Waals surface area contributed by atoms with Gasteiger partial charge in [0.2, 0.25) is 0 Å². The number of rotatable bonds is 0. The first-order valence-electron chi connectivity index (χ1n) is 3.78. The van der Waals surface area contributed by atoms with E-state index in [9.17, 15) is 13.2 Å². The van der Waals surface area contributed by atoms with Crippen molar-refractivity contribution in [3.8, 4) is 0 Å². The standard InChI is InChI=1S/C8H5F3N2S/c1-4-6-2-5(8(9,10)11)3-12-7(6)14-13-4/h2-3H,1H3. The number of pyridine rings is 1. The van der Waals surface area contributed by atoms with Crippen LogP contribution in [-0.2, 0) is 6.18 Å². The smallest absolute Gasteiger partial charge is 0.243 e. The van der Waals surface area contributed by atoms with Gasteiger partial charge in [0, 0.05) is 11.6 Å². The van der Waals surface area contributed by atoms with Gasteiger partial charge in [-0.3, -0.25) is 0 Å². The van der Waals surface area contributed by atoms with Gasteiger partial charge >= 0.3 is 6.18 Å². The largest absolute Gasteiger partial charge is 0.417 e. The number of nitrogens with zero attached hydrogens (tertiary/aromatic N) is 2. The second-order valence-electron chi connectivity index (χ2n) is 2.84. The number of halogens is 3. The highest BCUT2D eigenvalue weighted by molar-refractivity contribution is 7.12. The Morgan fingerprint density at radius 1 is 1.36 bits per heavy atom.